The topological polar surface area (TPSA) is 72.7 Å². The maximum atomic E-state index is 11.4. The lowest BCUT2D eigenvalue weighted by atomic mass is 10.1. The normalized spacial score (nSPS) is 15.0. The number of carbonyl (C=O) groups is 1. The molecular weight excluding hydrogens is 304 g/mol. The minimum atomic E-state index is -0.503. The second kappa shape index (κ2) is 7.84. The molecule has 0 saturated carbocycles. The third kappa shape index (κ3) is 4.24. The minimum Gasteiger partial charge on any atom is -0.463 e. The van der Waals surface area contributed by atoms with Crippen LogP contribution in [0.25, 0.3) is 6.08 Å². The Morgan fingerprint density at radius 3 is 2.82 bits per heavy atom. The summed E-state index contributed by atoms with van der Waals surface area (Å²) in [6.45, 7) is 3.83. The molecule has 1 fully saturated rings. The van der Waals surface area contributed by atoms with Crippen LogP contribution in [0, 0.1) is 10.1 Å². The number of esters is 1. The number of anilines is 1. The minimum absolute atomic E-state index is 0.0179. The Hall–Kier alpha value is -2.02. The molecule has 0 spiro atoms. The van der Waals surface area contributed by atoms with E-state index in [1.165, 1.54) is 18.2 Å². The number of carbonyl (C=O) groups excluding carboxylic acids is 1. The van der Waals surface area contributed by atoms with E-state index in [2.05, 4.69) is 4.90 Å². The zero-order valence-electron chi connectivity index (χ0n) is 12.4. The van der Waals surface area contributed by atoms with Crippen LogP contribution in [0.4, 0.5) is 11.4 Å². The standard InChI is InChI=1S/C15H18N2O4S/c1-2-21-15(18)6-3-12-11-13(4-5-14(12)17(19)20)16-7-9-22-10-8-16/h3-6,11H,2,7-10H2,1H3. The van der Waals surface area contributed by atoms with Crippen molar-refractivity contribution >= 4 is 35.2 Å². The van der Waals surface area contributed by atoms with Gasteiger partial charge in [-0.2, -0.15) is 11.8 Å². The Labute approximate surface area is 133 Å². The predicted octanol–water partition coefficient (Wildman–Crippen LogP) is 2.72. The summed E-state index contributed by atoms with van der Waals surface area (Å²) in [6, 6.07) is 5.00. The molecule has 6 nitrogen and oxygen atoms in total. The number of hydrogen-bond donors (Lipinski definition) is 0. The number of nitro benzene ring substituents is 1. The van der Waals surface area contributed by atoms with E-state index in [9.17, 15) is 14.9 Å². The van der Waals surface area contributed by atoms with Gasteiger partial charge in [-0.15, -0.1) is 0 Å². The van der Waals surface area contributed by atoms with Crippen molar-refractivity contribution in [2.45, 2.75) is 6.92 Å². The number of hydrogen-bond acceptors (Lipinski definition) is 6. The summed E-state index contributed by atoms with van der Waals surface area (Å²) in [5.74, 6) is 1.59. The second-order valence-electron chi connectivity index (χ2n) is 4.69. The van der Waals surface area contributed by atoms with Gasteiger partial charge >= 0.3 is 5.97 Å². The van der Waals surface area contributed by atoms with Gasteiger partial charge in [0.15, 0.2) is 0 Å². The number of thioether (sulfide) groups is 1. The molecule has 1 heterocycles. The van der Waals surface area contributed by atoms with Crippen LogP contribution in [0.3, 0.4) is 0 Å². The molecule has 1 aromatic carbocycles. The van der Waals surface area contributed by atoms with Gasteiger partial charge in [0.05, 0.1) is 17.1 Å². The van der Waals surface area contributed by atoms with Crippen molar-refractivity contribution in [3.63, 3.8) is 0 Å². The van der Waals surface area contributed by atoms with Gasteiger partial charge in [0.1, 0.15) is 0 Å². The van der Waals surface area contributed by atoms with Crippen LogP contribution >= 0.6 is 11.8 Å². The average molecular weight is 322 g/mol. The van der Waals surface area contributed by atoms with E-state index in [1.54, 1.807) is 19.1 Å². The van der Waals surface area contributed by atoms with Crippen molar-refractivity contribution in [3.8, 4) is 0 Å². The molecule has 1 aromatic rings. The summed E-state index contributed by atoms with van der Waals surface area (Å²) in [7, 11) is 0. The summed E-state index contributed by atoms with van der Waals surface area (Å²) in [5.41, 5.74) is 1.33. The number of ether oxygens (including phenoxy) is 1. The summed E-state index contributed by atoms with van der Waals surface area (Å²) >= 11 is 1.90. The zero-order chi connectivity index (χ0) is 15.9. The molecule has 22 heavy (non-hydrogen) atoms. The number of rotatable bonds is 5. The van der Waals surface area contributed by atoms with Crippen molar-refractivity contribution in [2.75, 3.05) is 36.1 Å². The molecule has 1 saturated heterocycles. The molecule has 2 rings (SSSR count). The molecule has 0 aromatic heterocycles. The molecule has 0 bridgehead atoms. The largest absolute Gasteiger partial charge is 0.463 e. The Kier molecular flexibility index (Phi) is 5.83. The molecule has 0 unspecified atom stereocenters. The van der Waals surface area contributed by atoms with Gasteiger partial charge in [0, 0.05) is 42.4 Å². The molecule has 0 radical (unpaired) electrons. The van der Waals surface area contributed by atoms with Gasteiger partial charge in [-0.3, -0.25) is 10.1 Å². The molecule has 0 aliphatic carbocycles. The first-order valence-electron chi connectivity index (χ1n) is 7.07. The molecule has 0 N–H and O–H groups in total. The third-order valence-corrected chi connectivity index (χ3v) is 4.21. The summed E-state index contributed by atoms with van der Waals surface area (Å²) < 4.78 is 4.80. The van der Waals surface area contributed by atoms with E-state index in [-0.39, 0.29) is 12.3 Å². The molecule has 118 valence electrons. The van der Waals surface area contributed by atoms with Gasteiger partial charge in [-0.25, -0.2) is 4.79 Å². The fourth-order valence-electron chi connectivity index (χ4n) is 2.21. The van der Waals surface area contributed by atoms with E-state index in [1.807, 2.05) is 11.8 Å². The Morgan fingerprint density at radius 2 is 2.18 bits per heavy atom. The van der Waals surface area contributed by atoms with Crippen LogP contribution in [-0.4, -0.2) is 42.1 Å². The fraction of sp³-hybridized carbons (Fsp3) is 0.400. The van der Waals surface area contributed by atoms with Gasteiger partial charge in [-0.05, 0) is 25.1 Å². The average Bonchev–Trinajstić information content (AvgIpc) is 2.53. The molecule has 1 aliphatic heterocycles. The van der Waals surface area contributed by atoms with Gasteiger partial charge < -0.3 is 9.64 Å². The Bertz CT molecular complexity index is 583. The Morgan fingerprint density at radius 1 is 1.45 bits per heavy atom. The highest BCUT2D eigenvalue weighted by molar-refractivity contribution is 7.99. The summed E-state index contributed by atoms with van der Waals surface area (Å²) in [5, 5.41) is 11.1. The highest BCUT2D eigenvalue weighted by atomic mass is 32.2. The first kappa shape index (κ1) is 16.4. The zero-order valence-corrected chi connectivity index (χ0v) is 13.2. The molecule has 1 aliphatic rings. The van der Waals surface area contributed by atoms with Crippen molar-refractivity contribution in [3.05, 3.63) is 40.0 Å². The second-order valence-corrected chi connectivity index (χ2v) is 5.91. The van der Waals surface area contributed by atoms with E-state index in [0.717, 1.165) is 30.3 Å². The van der Waals surface area contributed by atoms with Crippen LogP contribution < -0.4 is 4.90 Å². The van der Waals surface area contributed by atoms with Crippen LogP contribution in [0.5, 0.6) is 0 Å². The van der Waals surface area contributed by atoms with E-state index in [0.29, 0.717) is 5.56 Å². The SMILES string of the molecule is CCOC(=O)C=Cc1cc(N2CCSCC2)ccc1[N+](=O)[O-]. The third-order valence-electron chi connectivity index (χ3n) is 3.27. The maximum absolute atomic E-state index is 11.4. The molecule has 7 heteroatoms. The predicted molar refractivity (Wildman–Crippen MR) is 88.3 cm³/mol. The summed E-state index contributed by atoms with van der Waals surface area (Å²) in [4.78, 5) is 24.3. The van der Waals surface area contributed by atoms with Gasteiger partial charge in [0.2, 0.25) is 0 Å². The summed E-state index contributed by atoms with van der Waals surface area (Å²) in [6.07, 6.45) is 2.67. The molecule has 0 atom stereocenters. The van der Waals surface area contributed by atoms with Crippen LogP contribution in [-0.2, 0) is 9.53 Å². The van der Waals surface area contributed by atoms with Gasteiger partial charge in [-0.1, -0.05) is 0 Å². The molecule has 0 amide bonds. The fourth-order valence-corrected chi connectivity index (χ4v) is 3.11. The van der Waals surface area contributed by atoms with Crippen molar-refractivity contribution in [2.24, 2.45) is 0 Å². The first-order chi connectivity index (χ1) is 10.6. The molecular formula is C15H18N2O4S. The van der Waals surface area contributed by atoms with E-state index < -0.39 is 10.9 Å². The highest BCUT2D eigenvalue weighted by Crippen LogP contribution is 2.27. The number of nitro groups is 1. The first-order valence-corrected chi connectivity index (χ1v) is 8.23. The lowest BCUT2D eigenvalue weighted by molar-refractivity contribution is -0.385. The maximum Gasteiger partial charge on any atom is 0.330 e. The van der Waals surface area contributed by atoms with E-state index >= 15 is 0 Å². The van der Waals surface area contributed by atoms with Crippen molar-refractivity contribution in [1.29, 1.82) is 0 Å². The van der Waals surface area contributed by atoms with Crippen molar-refractivity contribution in [1.82, 2.24) is 0 Å². The number of benzene rings is 1. The smallest absolute Gasteiger partial charge is 0.330 e. The van der Waals surface area contributed by atoms with Crippen LogP contribution in [0.1, 0.15) is 12.5 Å². The monoisotopic (exact) mass is 322 g/mol. The lowest BCUT2D eigenvalue weighted by Gasteiger charge is -2.28. The van der Waals surface area contributed by atoms with E-state index in [4.69, 9.17) is 4.74 Å². The Balaban J connectivity index is 2.27. The van der Waals surface area contributed by atoms with Crippen LogP contribution in [0.15, 0.2) is 24.3 Å². The number of nitrogens with zero attached hydrogens (tertiary/aromatic N) is 2. The van der Waals surface area contributed by atoms with Crippen LogP contribution in [0.2, 0.25) is 0 Å². The highest BCUT2D eigenvalue weighted by Gasteiger charge is 2.16. The quantitative estimate of drug-likeness (QED) is 0.359. The van der Waals surface area contributed by atoms with Gasteiger partial charge in [0.25, 0.3) is 5.69 Å². The lowest BCUT2D eigenvalue weighted by Crippen LogP contribution is -2.32. The van der Waals surface area contributed by atoms with Crippen molar-refractivity contribution < 1.29 is 14.5 Å².